The standard InChI is InChI=1S/C11H20N2O3/c14-10-2-1-3-13(11(10)15)5-4-12-6-8-16-9-7-12/h10,14H,1-9H2. The molecule has 2 saturated heterocycles. The van der Waals surface area contributed by atoms with E-state index in [1.54, 1.807) is 4.90 Å². The molecule has 0 aromatic carbocycles. The third-order valence-corrected chi connectivity index (χ3v) is 3.29. The highest BCUT2D eigenvalue weighted by Gasteiger charge is 2.26. The lowest BCUT2D eigenvalue weighted by Crippen LogP contribution is -2.48. The molecule has 2 aliphatic heterocycles. The van der Waals surface area contributed by atoms with Gasteiger partial charge in [0, 0.05) is 32.7 Å². The summed E-state index contributed by atoms with van der Waals surface area (Å²) in [6.45, 7) is 5.89. The molecular weight excluding hydrogens is 208 g/mol. The van der Waals surface area contributed by atoms with Gasteiger partial charge in [-0.05, 0) is 12.8 Å². The number of ether oxygens (including phenoxy) is 1. The second-order valence-electron chi connectivity index (χ2n) is 4.44. The van der Waals surface area contributed by atoms with Crippen LogP contribution in [0.25, 0.3) is 0 Å². The molecule has 5 heteroatoms. The third kappa shape index (κ3) is 2.93. The zero-order chi connectivity index (χ0) is 11.4. The number of carbonyl (C=O) groups is 1. The second kappa shape index (κ2) is 5.61. The number of aliphatic hydroxyl groups is 1. The van der Waals surface area contributed by atoms with E-state index in [0.29, 0.717) is 6.42 Å². The van der Waals surface area contributed by atoms with Crippen molar-refractivity contribution < 1.29 is 14.6 Å². The normalized spacial score (nSPS) is 28.4. The number of likely N-dealkylation sites (tertiary alicyclic amines) is 1. The van der Waals surface area contributed by atoms with E-state index in [0.717, 1.165) is 52.4 Å². The van der Waals surface area contributed by atoms with Gasteiger partial charge in [0.25, 0.3) is 5.91 Å². The maximum Gasteiger partial charge on any atom is 0.251 e. The number of piperidine rings is 1. The lowest BCUT2D eigenvalue weighted by Gasteiger charge is -2.33. The van der Waals surface area contributed by atoms with Gasteiger partial charge < -0.3 is 14.7 Å². The van der Waals surface area contributed by atoms with E-state index in [2.05, 4.69) is 4.90 Å². The maximum atomic E-state index is 11.6. The highest BCUT2D eigenvalue weighted by atomic mass is 16.5. The fourth-order valence-corrected chi connectivity index (χ4v) is 2.23. The summed E-state index contributed by atoms with van der Waals surface area (Å²) in [5, 5.41) is 9.46. The first-order chi connectivity index (χ1) is 7.77. The van der Waals surface area contributed by atoms with Crippen LogP contribution in [-0.4, -0.2) is 72.9 Å². The lowest BCUT2D eigenvalue weighted by molar-refractivity contribution is -0.144. The third-order valence-electron chi connectivity index (χ3n) is 3.29. The molecule has 0 aromatic heterocycles. The monoisotopic (exact) mass is 228 g/mol. The smallest absolute Gasteiger partial charge is 0.251 e. The van der Waals surface area contributed by atoms with Crippen LogP contribution in [0.4, 0.5) is 0 Å². The van der Waals surface area contributed by atoms with Crippen LogP contribution in [0, 0.1) is 0 Å². The van der Waals surface area contributed by atoms with Crippen molar-refractivity contribution in [2.75, 3.05) is 45.9 Å². The van der Waals surface area contributed by atoms with Gasteiger partial charge in [-0.2, -0.15) is 0 Å². The summed E-state index contributed by atoms with van der Waals surface area (Å²) in [7, 11) is 0. The molecule has 0 aromatic rings. The van der Waals surface area contributed by atoms with Crippen molar-refractivity contribution in [2.24, 2.45) is 0 Å². The quantitative estimate of drug-likeness (QED) is 0.694. The van der Waals surface area contributed by atoms with E-state index in [9.17, 15) is 9.90 Å². The summed E-state index contributed by atoms with van der Waals surface area (Å²) >= 11 is 0. The molecular formula is C11H20N2O3. The summed E-state index contributed by atoms with van der Waals surface area (Å²) in [5.41, 5.74) is 0. The lowest BCUT2D eigenvalue weighted by atomic mass is 10.1. The van der Waals surface area contributed by atoms with Crippen molar-refractivity contribution >= 4 is 5.91 Å². The van der Waals surface area contributed by atoms with E-state index in [1.165, 1.54) is 0 Å². The molecule has 2 aliphatic rings. The van der Waals surface area contributed by atoms with Crippen molar-refractivity contribution in [2.45, 2.75) is 18.9 Å². The fourth-order valence-electron chi connectivity index (χ4n) is 2.23. The van der Waals surface area contributed by atoms with Crippen LogP contribution in [0.3, 0.4) is 0 Å². The molecule has 0 radical (unpaired) electrons. The van der Waals surface area contributed by atoms with Crippen LogP contribution in [0.1, 0.15) is 12.8 Å². The van der Waals surface area contributed by atoms with E-state index in [1.807, 2.05) is 0 Å². The van der Waals surface area contributed by atoms with Crippen molar-refractivity contribution in [3.05, 3.63) is 0 Å². The molecule has 16 heavy (non-hydrogen) atoms. The molecule has 1 atom stereocenters. The number of aliphatic hydroxyl groups excluding tert-OH is 1. The Labute approximate surface area is 96.0 Å². The average Bonchev–Trinajstić information content (AvgIpc) is 2.32. The number of nitrogens with zero attached hydrogens (tertiary/aromatic N) is 2. The van der Waals surface area contributed by atoms with Gasteiger partial charge in [0.1, 0.15) is 6.10 Å². The topological polar surface area (TPSA) is 53.0 Å². The number of hydrogen-bond acceptors (Lipinski definition) is 4. The Morgan fingerprint density at radius 3 is 2.75 bits per heavy atom. The first-order valence-corrected chi connectivity index (χ1v) is 6.04. The Morgan fingerprint density at radius 1 is 1.25 bits per heavy atom. The Balaban J connectivity index is 1.73. The Morgan fingerprint density at radius 2 is 2.00 bits per heavy atom. The highest BCUT2D eigenvalue weighted by molar-refractivity contribution is 5.81. The van der Waals surface area contributed by atoms with Crippen LogP contribution in [0.5, 0.6) is 0 Å². The SMILES string of the molecule is O=C1C(O)CCCN1CCN1CCOCC1. The molecule has 1 N–H and O–H groups in total. The van der Waals surface area contributed by atoms with Gasteiger partial charge in [0.15, 0.2) is 0 Å². The van der Waals surface area contributed by atoms with Gasteiger partial charge in [0.2, 0.25) is 0 Å². The van der Waals surface area contributed by atoms with Crippen LogP contribution >= 0.6 is 0 Å². The Hall–Kier alpha value is -0.650. The number of morpholine rings is 1. The van der Waals surface area contributed by atoms with Crippen molar-refractivity contribution in [3.63, 3.8) is 0 Å². The number of carbonyl (C=O) groups excluding carboxylic acids is 1. The minimum atomic E-state index is -0.765. The molecule has 2 rings (SSSR count). The highest BCUT2D eigenvalue weighted by Crippen LogP contribution is 2.11. The predicted molar refractivity (Wildman–Crippen MR) is 59.1 cm³/mol. The largest absolute Gasteiger partial charge is 0.383 e. The minimum absolute atomic E-state index is 0.0977. The molecule has 0 aliphatic carbocycles. The zero-order valence-electron chi connectivity index (χ0n) is 9.60. The van der Waals surface area contributed by atoms with Crippen LogP contribution in [0.15, 0.2) is 0 Å². The molecule has 0 saturated carbocycles. The van der Waals surface area contributed by atoms with Gasteiger partial charge in [0.05, 0.1) is 13.2 Å². The van der Waals surface area contributed by atoms with Gasteiger partial charge in [-0.25, -0.2) is 0 Å². The summed E-state index contributed by atoms with van der Waals surface area (Å²) in [6.07, 6.45) is 0.765. The molecule has 92 valence electrons. The van der Waals surface area contributed by atoms with E-state index >= 15 is 0 Å². The molecule has 1 unspecified atom stereocenters. The second-order valence-corrected chi connectivity index (χ2v) is 4.44. The summed E-state index contributed by atoms with van der Waals surface area (Å²) in [5.74, 6) is -0.0977. The average molecular weight is 228 g/mol. The number of amides is 1. The molecule has 1 amide bonds. The van der Waals surface area contributed by atoms with Crippen LogP contribution < -0.4 is 0 Å². The first-order valence-electron chi connectivity index (χ1n) is 6.04. The molecule has 0 spiro atoms. The summed E-state index contributed by atoms with van der Waals surface area (Å²) in [4.78, 5) is 15.7. The maximum absolute atomic E-state index is 11.6. The van der Waals surface area contributed by atoms with E-state index in [4.69, 9.17) is 4.74 Å². The molecule has 0 bridgehead atoms. The fraction of sp³-hybridized carbons (Fsp3) is 0.909. The van der Waals surface area contributed by atoms with Gasteiger partial charge in [-0.1, -0.05) is 0 Å². The minimum Gasteiger partial charge on any atom is -0.383 e. The van der Waals surface area contributed by atoms with Crippen molar-refractivity contribution in [3.8, 4) is 0 Å². The van der Waals surface area contributed by atoms with Crippen molar-refractivity contribution in [1.29, 1.82) is 0 Å². The molecule has 5 nitrogen and oxygen atoms in total. The molecule has 2 fully saturated rings. The zero-order valence-corrected chi connectivity index (χ0v) is 9.60. The van der Waals surface area contributed by atoms with Gasteiger partial charge in [-0.3, -0.25) is 9.69 Å². The first kappa shape index (κ1) is 11.8. The number of hydrogen-bond donors (Lipinski definition) is 1. The Kier molecular flexibility index (Phi) is 4.15. The number of rotatable bonds is 3. The van der Waals surface area contributed by atoms with E-state index in [-0.39, 0.29) is 5.91 Å². The van der Waals surface area contributed by atoms with E-state index < -0.39 is 6.10 Å². The summed E-state index contributed by atoms with van der Waals surface area (Å²) in [6, 6.07) is 0. The van der Waals surface area contributed by atoms with Gasteiger partial charge in [-0.15, -0.1) is 0 Å². The predicted octanol–water partition coefficient (Wildman–Crippen LogP) is -0.698. The molecule has 2 heterocycles. The van der Waals surface area contributed by atoms with Crippen LogP contribution in [-0.2, 0) is 9.53 Å². The van der Waals surface area contributed by atoms with Crippen LogP contribution in [0.2, 0.25) is 0 Å². The van der Waals surface area contributed by atoms with Gasteiger partial charge >= 0.3 is 0 Å². The summed E-state index contributed by atoms with van der Waals surface area (Å²) < 4.78 is 5.27. The Bertz CT molecular complexity index is 241. The van der Waals surface area contributed by atoms with Crippen molar-refractivity contribution in [1.82, 2.24) is 9.80 Å².